The second-order valence-electron chi connectivity index (χ2n) is 4.51. The standard InChI is InChI=1S/C13H26O2/c1-3-5-7-9-12-11-14-13(15-12)10-8-6-4-2/h12-13H,3-11H2,1-2H3/t12-,13-/m1/s1. The fraction of sp³-hybridized carbons (Fsp3) is 1.00. The van der Waals surface area contributed by atoms with Crippen molar-refractivity contribution < 1.29 is 9.47 Å². The lowest BCUT2D eigenvalue weighted by Gasteiger charge is -2.10. The molecule has 0 aromatic heterocycles. The van der Waals surface area contributed by atoms with Gasteiger partial charge < -0.3 is 9.47 Å². The Morgan fingerprint density at radius 1 is 0.933 bits per heavy atom. The summed E-state index contributed by atoms with van der Waals surface area (Å²) in [6.07, 6.45) is 10.4. The Morgan fingerprint density at radius 3 is 2.27 bits per heavy atom. The molecule has 2 nitrogen and oxygen atoms in total. The quantitative estimate of drug-likeness (QED) is 0.571. The van der Waals surface area contributed by atoms with Gasteiger partial charge in [-0.2, -0.15) is 0 Å². The van der Waals surface area contributed by atoms with E-state index < -0.39 is 0 Å². The topological polar surface area (TPSA) is 18.5 Å². The summed E-state index contributed by atoms with van der Waals surface area (Å²) in [7, 11) is 0. The second kappa shape index (κ2) is 8.12. The predicted molar refractivity (Wildman–Crippen MR) is 62.9 cm³/mol. The third kappa shape index (κ3) is 5.53. The van der Waals surface area contributed by atoms with E-state index in [0.717, 1.165) is 13.0 Å². The molecule has 1 saturated heterocycles. The molecule has 1 fully saturated rings. The average molecular weight is 214 g/mol. The first kappa shape index (κ1) is 13.0. The Kier molecular flexibility index (Phi) is 7.03. The van der Waals surface area contributed by atoms with Crippen molar-refractivity contribution in [2.75, 3.05) is 6.61 Å². The Morgan fingerprint density at radius 2 is 1.60 bits per heavy atom. The monoisotopic (exact) mass is 214 g/mol. The van der Waals surface area contributed by atoms with Crippen LogP contribution in [-0.4, -0.2) is 19.0 Å². The Hall–Kier alpha value is -0.0800. The lowest BCUT2D eigenvalue weighted by atomic mass is 10.1. The Balaban J connectivity index is 1.99. The number of hydrogen-bond acceptors (Lipinski definition) is 2. The number of hydrogen-bond donors (Lipinski definition) is 0. The maximum Gasteiger partial charge on any atom is 0.158 e. The van der Waals surface area contributed by atoms with Crippen molar-refractivity contribution in [3.05, 3.63) is 0 Å². The molecule has 1 rings (SSSR count). The Bertz CT molecular complexity index is 131. The van der Waals surface area contributed by atoms with Crippen molar-refractivity contribution in [3.63, 3.8) is 0 Å². The fourth-order valence-electron chi connectivity index (χ4n) is 1.99. The molecular weight excluding hydrogens is 188 g/mol. The minimum absolute atomic E-state index is 0.100. The van der Waals surface area contributed by atoms with E-state index in [0.29, 0.717) is 6.10 Å². The van der Waals surface area contributed by atoms with Gasteiger partial charge in [0, 0.05) is 0 Å². The summed E-state index contributed by atoms with van der Waals surface area (Å²) in [5.74, 6) is 0. The van der Waals surface area contributed by atoms with Gasteiger partial charge in [0.25, 0.3) is 0 Å². The van der Waals surface area contributed by atoms with Crippen LogP contribution >= 0.6 is 0 Å². The van der Waals surface area contributed by atoms with Crippen LogP contribution in [0, 0.1) is 0 Å². The van der Waals surface area contributed by atoms with Crippen molar-refractivity contribution in [2.24, 2.45) is 0 Å². The molecule has 0 amide bonds. The lowest BCUT2D eigenvalue weighted by Crippen LogP contribution is -2.12. The zero-order chi connectivity index (χ0) is 10.9. The molecule has 0 radical (unpaired) electrons. The molecule has 0 bridgehead atoms. The first-order valence-electron chi connectivity index (χ1n) is 6.63. The molecule has 0 aromatic rings. The van der Waals surface area contributed by atoms with Crippen LogP contribution < -0.4 is 0 Å². The van der Waals surface area contributed by atoms with Crippen LogP contribution in [0.4, 0.5) is 0 Å². The van der Waals surface area contributed by atoms with Crippen LogP contribution in [0.3, 0.4) is 0 Å². The molecule has 90 valence electrons. The van der Waals surface area contributed by atoms with Crippen molar-refractivity contribution in [1.29, 1.82) is 0 Å². The largest absolute Gasteiger partial charge is 0.350 e. The van der Waals surface area contributed by atoms with E-state index in [1.165, 1.54) is 44.9 Å². The van der Waals surface area contributed by atoms with Crippen LogP contribution in [0.25, 0.3) is 0 Å². The van der Waals surface area contributed by atoms with Gasteiger partial charge >= 0.3 is 0 Å². The van der Waals surface area contributed by atoms with Crippen LogP contribution in [0.1, 0.15) is 65.2 Å². The summed E-state index contributed by atoms with van der Waals surface area (Å²) < 4.78 is 11.5. The van der Waals surface area contributed by atoms with Gasteiger partial charge in [0.15, 0.2) is 6.29 Å². The Labute approximate surface area is 94.3 Å². The van der Waals surface area contributed by atoms with Crippen LogP contribution in [0.15, 0.2) is 0 Å². The highest BCUT2D eigenvalue weighted by atomic mass is 16.7. The van der Waals surface area contributed by atoms with Gasteiger partial charge in [-0.05, 0) is 19.3 Å². The molecule has 2 atom stereocenters. The van der Waals surface area contributed by atoms with Crippen LogP contribution in [0.2, 0.25) is 0 Å². The molecule has 15 heavy (non-hydrogen) atoms. The zero-order valence-corrected chi connectivity index (χ0v) is 10.3. The maximum absolute atomic E-state index is 5.83. The SMILES string of the molecule is CCCCC[C@@H]1CO[C@@H](CCCCC)O1. The third-order valence-corrected chi connectivity index (χ3v) is 2.99. The smallest absolute Gasteiger partial charge is 0.158 e. The van der Waals surface area contributed by atoms with E-state index in [-0.39, 0.29) is 6.29 Å². The minimum atomic E-state index is 0.100. The molecule has 1 heterocycles. The second-order valence-corrected chi connectivity index (χ2v) is 4.51. The molecule has 0 aliphatic carbocycles. The third-order valence-electron chi connectivity index (χ3n) is 2.99. The molecule has 0 aromatic carbocycles. The number of rotatable bonds is 8. The van der Waals surface area contributed by atoms with E-state index in [1.807, 2.05) is 0 Å². The normalized spacial score (nSPS) is 26.0. The minimum Gasteiger partial charge on any atom is -0.350 e. The number of unbranched alkanes of at least 4 members (excludes halogenated alkanes) is 4. The van der Waals surface area contributed by atoms with Crippen molar-refractivity contribution in [2.45, 2.75) is 77.6 Å². The van der Waals surface area contributed by atoms with Gasteiger partial charge in [-0.25, -0.2) is 0 Å². The van der Waals surface area contributed by atoms with Crippen LogP contribution in [0.5, 0.6) is 0 Å². The van der Waals surface area contributed by atoms with Gasteiger partial charge in [-0.3, -0.25) is 0 Å². The van der Waals surface area contributed by atoms with E-state index >= 15 is 0 Å². The van der Waals surface area contributed by atoms with Gasteiger partial charge in [0.05, 0.1) is 12.7 Å². The van der Waals surface area contributed by atoms with Crippen molar-refractivity contribution >= 4 is 0 Å². The van der Waals surface area contributed by atoms with Gasteiger partial charge in [0.1, 0.15) is 0 Å². The zero-order valence-electron chi connectivity index (χ0n) is 10.3. The van der Waals surface area contributed by atoms with E-state index in [9.17, 15) is 0 Å². The molecule has 0 spiro atoms. The van der Waals surface area contributed by atoms with Gasteiger partial charge in [-0.15, -0.1) is 0 Å². The van der Waals surface area contributed by atoms with Gasteiger partial charge in [0.2, 0.25) is 0 Å². The highest BCUT2D eigenvalue weighted by Gasteiger charge is 2.24. The molecule has 0 saturated carbocycles. The number of ether oxygens (including phenoxy) is 2. The van der Waals surface area contributed by atoms with Crippen molar-refractivity contribution in [3.8, 4) is 0 Å². The van der Waals surface area contributed by atoms with Gasteiger partial charge in [-0.1, -0.05) is 46.0 Å². The van der Waals surface area contributed by atoms with Crippen molar-refractivity contribution in [1.82, 2.24) is 0 Å². The fourth-order valence-corrected chi connectivity index (χ4v) is 1.99. The molecule has 0 N–H and O–H groups in total. The lowest BCUT2D eigenvalue weighted by molar-refractivity contribution is -0.0642. The van der Waals surface area contributed by atoms with E-state index in [4.69, 9.17) is 9.47 Å². The summed E-state index contributed by atoms with van der Waals surface area (Å²) in [5.41, 5.74) is 0. The highest BCUT2D eigenvalue weighted by molar-refractivity contribution is 4.65. The molecule has 2 heteroatoms. The average Bonchev–Trinajstić information content (AvgIpc) is 2.67. The predicted octanol–water partition coefficient (Wildman–Crippen LogP) is 3.89. The molecule has 0 unspecified atom stereocenters. The molecule has 1 aliphatic rings. The summed E-state index contributed by atoms with van der Waals surface area (Å²) in [6, 6.07) is 0. The molecule has 1 aliphatic heterocycles. The molecular formula is C13H26O2. The summed E-state index contributed by atoms with van der Waals surface area (Å²) in [6.45, 7) is 5.28. The van der Waals surface area contributed by atoms with Crippen LogP contribution in [-0.2, 0) is 9.47 Å². The maximum atomic E-state index is 5.83. The first-order valence-corrected chi connectivity index (χ1v) is 6.63. The summed E-state index contributed by atoms with van der Waals surface area (Å²) in [4.78, 5) is 0. The van der Waals surface area contributed by atoms with E-state index in [1.54, 1.807) is 0 Å². The van der Waals surface area contributed by atoms with E-state index in [2.05, 4.69) is 13.8 Å². The highest BCUT2D eigenvalue weighted by Crippen LogP contribution is 2.20. The summed E-state index contributed by atoms with van der Waals surface area (Å²) in [5, 5.41) is 0. The first-order chi connectivity index (χ1) is 7.36. The summed E-state index contributed by atoms with van der Waals surface area (Å²) >= 11 is 0.